The molecule has 2 heteroatoms. The van der Waals surface area contributed by atoms with E-state index in [0.717, 1.165) is 24.2 Å². The van der Waals surface area contributed by atoms with Crippen LogP contribution in [0.3, 0.4) is 0 Å². The summed E-state index contributed by atoms with van der Waals surface area (Å²) in [7, 11) is 0. The van der Waals surface area contributed by atoms with Crippen LogP contribution in [-0.2, 0) is 0 Å². The van der Waals surface area contributed by atoms with Crippen LogP contribution >= 0.6 is 0 Å². The second kappa shape index (κ2) is 7.23. The van der Waals surface area contributed by atoms with Crippen LogP contribution in [0.1, 0.15) is 24.3 Å². The lowest BCUT2D eigenvalue weighted by Crippen LogP contribution is -2.01. The van der Waals surface area contributed by atoms with Crippen molar-refractivity contribution < 1.29 is 4.74 Å². The van der Waals surface area contributed by atoms with Gasteiger partial charge in [0.2, 0.25) is 0 Å². The SMILES string of the molecule is N#CC(CCCOc1ccccc1)c1ccccc1. The zero-order chi connectivity index (χ0) is 13.3. The highest BCUT2D eigenvalue weighted by Gasteiger charge is 2.09. The summed E-state index contributed by atoms with van der Waals surface area (Å²) in [5.74, 6) is 0.844. The van der Waals surface area contributed by atoms with Crippen LogP contribution in [0.2, 0.25) is 0 Å². The fourth-order valence-electron chi connectivity index (χ4n) is 1.99. The van der Waals surface area contributed by atoms with Crippen LogP contribution in [0.5, 0.6) is 5.75 Å². The largest absolute Gasteiger partial charge is 0.494 e. The summed E-state index contributed by atoms with van der Waals surface area (Å²) in [6.45, 7) is 0.648. The lowest BCUT2D eigenvalue weighted by atomic mass is 9.96. The van der Waals surface area contributed by atoms with E-state index in [1.807, 2.05) is 60.7 Å². The van der Waals surface area contributed by atoms with E-state index in [9.17, 15) is 5.26 Å². The Morgan fingerprint density at radius 2 is 1.58 bits per heavy atom. The van der Waals surface area contributed by atoms with Gasteiger partial charge in [-0.2, -0.15) is 5.26 Å². The molecule has 0 N–H and O–H groups in total. The average Bonchev–Trinajstić information content (AvgIpc) is 2.49. The number of nitrogens with zero attached hydrogens (tertiary/aromatic N) is 1. The van der Waals surface area contributed by atoms with E-state index in [0.29, 0.717) is 6.61 Å². The number of para-hydroxylation sites is 1. The zero-order valence-electron chi connectivity index (χ0n) is 10.8. The molecule has 0 heterocycles. The molecule has 0 aliphatic carbocycles. The van der Waals surface area contributed by atoms with E-state index in [-0.39, 0.29) is 5.92 Å². The maximum atomic E-state index is 9.21. The van der Waals surface area contributed by atoms with Crippen LogP contribution in [0.4, 0.5) is 0 Å². The molecular formula is C17H17NO. The highest BCUT2D eigenvalue weighted by Crippen LogP contribution is 2.20. The predicted octanol–water partition coefficient (Wildman–Crippen LogP) is 4.15. The number of hydrogen-bond donors (Lipinski definition) is 0. The number of rotatable bonds is 6. The molecule has 0 radical (unpaired) electrons. The topological polar surface area (TPSA) is 33.0 Å². The first kappa shape index (κ1) is 13.2. The van der Waals surface area contributed by atoms with Crippen molar-refractivity contribution in [3.8, 4) is 11.8 Å². The Morgan fingerprint density at radius 3 is 2.21 bits per heavy atom. The highest BCUT2D eigenvalue weighted by molar-refractivity contribution is 5.24. The Bertz CT molecular complexity index is 516. The molecular weight excluding hydrogens is 234 g/mol. The normalized spacial score (nSPS) is 11.5. The molecule has 2 aromatic carbocycles. The van der Waals surface area contributed by atoms with Gasteiger partial charge >= 0.3 is 0 Å². The van der Waals surface area contributed by atoms with Gasteiger partial charge in [0, 0.05) is 0 Å². The second-order valence-electron chi connectivity index (χ2n) is 4.40. The minimum Gasteiger partial charge on any atom is -0.494 e. The molecule has 0 saturated carbocycles. The van der Waals surface area contributed by atoms with Gasteiger partial charge in [-0.1, -0.05) is 48.5 Å². The summed E-state index contributed by atoms with van der Waals surface area (Å²) in [5.41, 5.74) is 1.09. The molecule has 2 nitrogen and oxygen atoms in total. The standard InChI is InChI=1S/C17H17NO/c18-14-16(15-8-3-1-4-9-15)10-7-13-19-17-11-5-2-6-12-17/h1-6,8-9,11-12,16H,7,10,13H2. The van der Waals surface area contributed by atoms with Crippen LogP contribution in [0, 0.1) is 11.3 Å². The summed E-state index contributed by atoms with van der Waals surface area (Å²) in [4.78, 5) is 0. The van der Waals surface area contributed by atoms with E-state index < -0.39 is 0 Å². The molecule has 96 valence electrons. The molecule has 19 heavy (non-hydrogen) atoms. The lowest BCUT2D eigenvalue weighted by molar-refractivity contribution is 0.305. The number of hydrogen-bond acceptors (Lipinski definition) is 2. The van der Waals surface area contributed by atoms with Crippen molar-refractivity contribution in [3.63, 3.8) is 0 Å². The molecule has 0 spiro atoms. The van der Waals surface area contributed by atoms with Gasteiger partial charge in [-0.15, -0.1) is 0 Å². The maximum absolute atomic E-state index is 9.21. The van der Waals surface area contributed by atoms with E-state index in [4.69, 9.17) is 4.74 Å². The fraction of sp³-hybridized carbons (Fsp3) is 0.235. The van der Waals surface area contributed by atoms with Gasteiger partial charge in [-0.3, -0.25) is 0 Å². The van der Waals surface area contributed by atoms with Gasteiger partial charge in [0.25, 0.3) is 0 Å². The van der Waals surface area contributed by atoms with Crippen molar-refractivity contribution in [3.05, 3.63) is 66.2 Å². The molecule has 2 rings (SSSR count). The van der Waals surface area contributed by atoms with Crippen molar-refractivity contribution in [2.75, 3.05) is 6.61 Å². The van der Waals surface area contributed by atoms with E-state index in [1.165, 1.54) is 0 Å². The van der Waals surface area contributed by atoms with Crippen LogP contribution in [0.25, 0.3) is 0 Å². The first-order valence-corrected chi connectivity index (χ1v) is 6.52. The quantitative estimate of drug-likeness (QED) is 0.722. The Labute approximate surface area is 114 Å². The van der Waals surface area contributed by atoms with E-state index in [1.54, 1.807) is 0 Å². The Kier molecular flexibility index (Phi) is 5.01. The molecule has 0 aromatic heterocycles. The van der Waals surface area contributed by atoms with Crippen molar-refractivity contribution >= 4 is 0 Å². The monoisotopic (exact) mass is 251 g/mol. The van der Waals surface area contributed by atoms with E-state index >= 15 is 0 Å². The third-order valence-corrected chi connectivity index (χ3v) is 3.01. The summed E-state index contributed by atoms with van der Waals surface area (Å²) in [6, 6.07) is 22.1. The van der Waals surface area contributed by atoms with Gasteiger partial charge in [0.15, 0.2) is 0 Å². The second-order valence-corrected chi connectivity index (χ2v) is 4.40. The molecule has 0 fully saturated rings. The molecule has 0 amide bonds. The molecule has 0 aliphatic rings. The van der Waals surface area contributed by atoms with Gasteiger partial charge in [0.1, 0.15) is 5.75 Å². The molecule has 1 atom stereocenters. The molecule has 2 aromatic rings. The number of nitriles is 1. The Morgan fingerprint density at radius 1 is 0.947 bits per heavy atom. The summed E-state index contributed by atoms with van der Waals surface area (Å²) in [6.07, 6.45) is 1.70. The van der Waals surface area contributed by atoms with Crippen molar-refractivity contribution in [2.24, 2.45) is 0 Å². The zero-order valence-corrected chi connectivity index (χ0v) is 10.8. The van der Waals surface area contributed by atoms with Gasteiger partial charge in [-0.05, 0) is 30.5 Å². The minimum absolute atomic E-state index is 0.0411. The molecule has 0 bridgehead atoms. The fourth-order valence-corrected chi connectivity index (χ4v) is 1.99. The lowest BCUT2D eigenvalue weighted by Gasteiger charge is -2.10. The molecule has 1 unspecified atom stereocenters. The number of benzene rings is 2. The highest BCUT2D eigenvalue weighted by atomic mass is 16.5. The van der Waals surface area contributed by atoms with Crippen LogP contribution in [-0.4, -0.2) is 6.61 Å². The summed E-state index contributed by atoms with van der Waals surface area (Å²) < 4.78 is 5.63. The van der Waals surface area contributed by atoms with Gasteiger partial charge < -0.3 is 4.74 Å². The summed E-state index contributed by atoms with van der Waals surface area (Å²) >= 11 is 0. The minimum atomic E-state index is -0.0411. The summed E-state index contributed by atoms with van der Waals surface area (Å²) in [5, 5.41) is 9.21. The van der Waals surface area contributed by atoms with Crippen molar-refractivity contribution in [1.29, 1.82) is 5.26 Å². The van der Waals surface area contributed by atoms with E-state index in [2.05, 4.69) is 6.07 Å². The molecule has 0 aliphatic heterocycles. The number of ether oxygens (including phenoxy) is 1. The smallest absolute Gasteiger partial charge is 0.119 e. The van der Waals surface area contributed by atoms with Gasteiger partial charge in [-0.25, -0.2) is 0 Å². The van der Waals surface area contributed by atoms with Crippen molar-refractivity contribution in [2.45, 2.75) is 18.8 Å². The Hall–Kier alpha value is -2.27. The van der Waals surface area contributed by atoms with Gasteiger partial charge in [0.05, 0.1) is 18.6 Å². The first-order chi connectivity index (χ1) is 9.40. The Balaban J connectivity index is 1.77. The predicted molar refractivity (Wildman–Crippen MR) is 76.0 cm³/mol. The maximum Gasteiger partial charge on any atom is 0.119 e. The third-order valence-electron chi connectivity index (χ3n) is 3.01. The van der Waals surface area contributed by atoms with Crippen LogP contribution < -0.4 is 4.74 Å². The third kappa shape index (κ3) is 4.15. The first-order valence-electron chi connectivity index (χ1n) is 6.52. The molecule has 0 saturated heterocycles. The van der Waals surface area contributed by atoms with Crippen molar-refractivity contribution in [1.82, 2.24) is 0 Å². The average molecular weight is 251 g/mol. The van der Waals surface area contributed by atoms with Crippen LogP contribution in [0.15, 0.2) is 60.7 Å².